The predicted molar refractivity (Wildman–Crippen MR) is 105 cm³/mol. The molecule has 0 amide bonds. The van der Waals surface area contributed by atoms with Crippen LogP contribution in [0.2, 0.25) is 0 Å². The third-order valence-corrected chi connectivity index (χ3v) is 4.62. The fourth-order valence-corrected chi connectivity index (χ4v) is 3.18. The standard InChI is InChI=1S/C21H19N3O3/c1-27-12-11-23-9-7-18-16(20(23)25)13-17-19(22-18)8-10-24(21(17)26)14-15-5-3-2-4-6-15/h2-10,13H,11-12,14H2,1H3. The molecule has 0 saturated carbocycles. The van der Waals surface area contributed by atoms with Gasteiger partial charge in [0.2, 0.25) is 0 Å². The number of pyridine rings is 3. The summed E-state index contributed by atoms with van der Waals surface area (Å²) in [4.78, 5) is 30.2. The number of benzene rings is 1. The fourth-order valence-electron chi connectivity index (χ4n) is 3.18. The van der Waals surface area contributed by atoms with E-state index in [4.69, 9.17) is 4.74 Å². The zero-order chi connectivity index (χ0) is 18.8. The Balaban J connectivity index is 1.85. The molecule has 1 aromatic carbocycles. The summed E-state index contributed by atoms with van der Waals surface area (Å²) < 4.78 is 8.26. The summed E-state index contributed by atoms with van der Waals surface area (Å²) in [6.07, 6.45) is 3.45. The highest BCUT2D eigenvalue weighted by Gasteiger charge is 2.10. The number of hydrogen-bond acceptors (Lipinski definition) is 4. The van der Waals surface area contributed by atoms with Crippen molar-refractivity contribution in [1.29, 1.82) is 0 Å². The van der Waals surface area contributed by atoms with Gasteiger partial charge >= 0.3 is 0 Å². The SMILES string of the molecule is COCCn1ccc2nc3ccn(Cc4ccccc4)c(=O)c3cc2c1=O. The largest absolute Gasteiger partial charge is 0.383 e. The van der Waals surface area contributed by atoms with E-state index in [1.165, 1.54) is 0 Å². The molecule has 0 saturated heterocycles. The molecule has 3 heterocycles. The number of hydrogen-bond donors (Lipinski definition) is 0. The quantitative estimate of drug-likeness (QED) is 0.512. The molecule has 0 atom stereocenters. The van der Waals surface area contributed by atoms with Crippen LogP contribution < -0.4 is 11.1 Å². The Bertz CT molecular complexity index is 1230. The van der Waals surface area contributed by atoms with E-state index in [-0.39, 0.29) is 11.1 Å². The Morgan fingerprint density at radius 1 is 0.889 bits per heavy atom. The molecule has 0 radical (unpaired) electrons. The van der Waals surface area contributed by atoms with E-state index in [1.54, 1.807) is 40.8 Å². The molecule has 4 aromatic rings. The minimum atomic E-state index is -0.170. The van der Waals surface area contributed by atoms with Crippen molar-refractivity contribution in [3.8, 4) is 0 Å². The van der Waals surface area contributed by atoms with Crippen molar-refractivity contribution in [3.05, 3.63) is 87.2 Å². The maximum atomic E-state index is 12.9. The third kappa shape index (κ3) is 3.27. The van der Waals surface area contributed by atoms with Gasteiger partial charge < -0.3 is 13.9 Å². The first-order valence-electron chi connectivity index (χ1n) is 8.73. The topological polar surface area (TPSA) is 66.1 Å². The Kier molecular flexibility index (Phi) is 4.56. The zero-order valence-corrected chi connectivity index (χ0v) is 15.0. The summed E-state index contributed by atoms with van der Waals surface area (Å²) in [7, 11) is 1.59. The minimum absolute atomic E-state index is 0.155. The number of rotatable bonds is 5. The maximum absolute atomic E-state index is 12.9. The molecule has 0 fully saturated rings. The molecular weight excluding hydrogens is 342 g/mol. The van der Waals surface area contributed by atoms with Gasteiger partial charge in [0.15, 0.2) is 0 Å². The molecular formula is C21H19N3O3. The molecule has 0 aliphatic rings. The van der Waals surface area contributed by atoms with Crippen LogP contribution in [0.3, 0.4) is 0 Å². The summed E-state index contributed by atoms with van der Waals surface area (Å²) in [6.45, 7) is 1.37. The molecule has 6 heteroatoms. The van der Waals surface area contributed by atoms with Crippen molar-refractivity contribution in [2.45, 2.75) is 13.1 Å². The highest BCUT2D eigenvalue weighted by molar-refractivity contribution is 5.91. The second kappa shape index (κ2) is 7.17. The predicted octanol–water partition coefficient (Wildman–Crippen LogP) is 2.41. The lowest BCUT2D eigenvalue weighted by Gasteiger charge is -2.09. The van der Waals surface area contributed by atoms with Crippen molar-refractivity contribution < 1.29 is 4.74 Å². The summed E-state index contributed by atoms with van der Waals surface area (Å²) in [5.41, 5.74) is 1.89. The molecule has 0 bridgehead atoms. The van der Waals surface area contributed by atoms with E-state index < -0.39 is 0 Å². The van der Waals surface area contributed by atoms with Crippen LogP contribution >= 0.6 is 0 Å². The average Bonchev–Trinajstić information content (AvgIpc) is 2.70. The molecule has 0 aliphatic heterocycles. The van der Waals surface area contributed by atoms with Crippen molar-refractivity contribution >= 4 is 21.8 Å². The van der Waals surface area contributed by atoms with Gasteiger partial charge in [0.05, 0.1) is 35.0 Å². The number of fused-ring (bicyclic) bond motifs is 2. The van der Waals surface area contributed by atoms with E-state index in [0.717, 1.165) is 5.56 Å². The number of methoxy groups -OCH3 is 1. The molecule has 27 heavy (non-hydrogen) atoms. The maximum Gasteiger partial charge on any atom is 0.260 e. The van der Waals surface area contributed by atoms with Crippen LogP contribution in [0.1, 0.15) is 5.56 Å². The Morgan fingerprint density at radius 3 is 2.19 bits per heavy atom. The summed E-state index contributed by atoms with van der Waals surface area (Å²) in [5.74, 6) is 0. The fraction of sp³-hybridized carbons (Fsp3) is 0.190. The summed E-state index contributed by atoms with van der Waals surface area (Å²) >= 11 is 0. The second-order valence-corrected chi connectivity index (χ2v) is 6.40. The van der Waals surface area contributed by atoms with Crippen molar-refractivity contribution in [2.24, 2.45) is 0 Å². The highest BCUT2D eigenvalue weighted by Crippen LogP contribution is 2.14. The Morgan fingerprint density at radius 2 is 1.52 bits per heavy atom. The first-order chi connectivity index (χ1) is 13.2. The second-order valence-electron chi connectivity index (χ2n) is 6.40. The van der Waals surface area contributed by atoms with Gasteiger partial charge in [-0.1, -0.05) is 30.3 Å². The molecule has 4 rings (SSSR count). The van der Waals surface area contributed by atoms with Crippen molar-refractivity contribution in [3.63, 3.8) is 0 Å². The van der Waals surface area contributed by atoms with Crippen molar-refractivity contribution in [1.82, 2.24) is 14.1 Å². The van der Waals surface area contributed by atoms with E-state index in [0.29, 0.717) is 41.5 Å². The van der Waals surface area contributed by atoms with Crippen LogP contribution in [0.4, 0.5) is 0 Å². The van der Waals surface area contributed by atoms with Gasteiger partial charge in [-0.15, -0.1) is 0 Å². The van der Waals surface area contributed by atoms with Gasteiger partial charge in [-0.2, -0.15) is 0 Å². The first kappa shape index (κ1) is 17.2. The van der Waals surface area contributed by atoms with Gasteiger partial charge in [0, 0.05) is 26.0 Å². The lowest BCUT2D eigenvalue weighted by molar-refractivity contribution is 0.186. The molecule has 0 spiro atoms. The van der Waals surface area contributed by atoms with E-state index in [2.05, 4.69) is 4.98 Å². The van der Waals surface area contributed by atoms with E-state index in [9.17, 15) is 9.59 Å². The molecule has 0 aliphatic carbocycles. The van der Waals surface area contributed by atoms with Crippen LogP contribution in [0.5, 0.6) is 0 Å². The van der Waals surface area contributed by atoms with Crippen molar-refractivity contribution in [2.75, 3.05) is 13.7 Å². The Labute approximate surface area is 155 Å². The smallest absolute Gasteiger partial charge is 0.260 e. The van der Waals surface area contributed by atoms with Gasteiger partial charge in [0.25, 0.3) is 11.1 Å². The summed E-state index contributed by atoms with van der Waals surface area (Å²) in [6, 6.07) is 15.0. The first-order valence-corrected chi connectivity index (χ1v) is 8.73. The number of nitrogens with zero attached hydrogens (tertiary/aromatic N) is 3. The lowest BCUT2D eigenvalue weighted by atomic mass is 10.1. The Hall–Kier alpha value is -3.25. The van der Waals surface area contributed by atoms with Crippen LogP contribution in [0.15, 0.2) is 70.5 Å². The van der Waals surface area contributed by atoms with Crippen LogP contribution in [-0.2, 0) is 17.8 Å². The van der Waals surface area contributed by atoms with Crippen LogP contribution in [-0.4, -0.2) is 27.8 Å². The van der Waals surface area contributed by atoms with Gasteiger partial charge in [-0.25, -0.2) is 4.98 Å². The molecule has 6 nitrogen and oxygen atoms in total. The average molecular weight is 361 g/mol. The molecule has 0 N–H and O–H groups in total. The van der Waals surface area contributed by atoms with Gasteiger partial charge in [-0.05, 0) is 23.8 Å². The van der Waals surface area contributed by atoms with Crippen LogP contribution in [0, 0.1) is 0 Å². The third-order valence-electron chi connectivity index (χ3n) is 4.62. The van der Waals surface area contributed by atoms with Gasteiger partial charge in [0.1, 0.15) is 0 Å². The normalized spacial score (nSPS) is 11.3. The van der Waals surface area contributed by atoms with E-state index in [1.807, 2.05) is 36.4 Å². The lowest BCUT2D eigenvalue weighted by Crippen LogP contribution is -2.23. The summed E-state index contributed by atoms with van der Waals surface area (Å²) in [5, 5.41) is 0.887. The van der Waals surface area contributed by atoms with Crippen LogP contribution in [0.25, 0.3) is 21.8 Å². The highest BCUT2D eigenvalue weighted by atomic mass is 16.5. The minimum Gasteiger partial charge on any atom is -0.383 e. The monoisotopic (exact) mass is 361 g/mol. The molecule has 3 aromatic heterocycles. The zero-order valence-electron chi connectivity index (χ0n) is 15.0. The number of aromatic nitrogens is 3. The molecule has 136 valence electrons. The number of ether oxygens (including phenoxy) is 1. The van der Waals surface area contributed by atoms with Gasteiger partial charge in [-0.3, -0.25) is 9.59 Å². The molecule has 0 unspecified atom stereocenters. The van der Waals surface area contributed by atoms with E-state index >= 15 is 0 Å².